The predicted molar refractivity (Wildman–Crippen MR) is 93.9 cm³/mol. The number of carbonyl (C=O) groups excluding carboxylic acids is 1. The first-order valence-corrected chi connectivity index (χ1v) is 8.19. The van der Waals surface area contributed by atoms with Crippen LogP contribution in [0.25, 0.3) is 0 Å². The van der Waals surface area contributed by atoms with Crippen molar-refractivity contribution in [2.75, 3.05) is 27.7 Å². The van der Waals surface area contributed by atoms with Crippen molar-refractivity contribution >= 4 is 5.91 Å². The zero-order valence-corrected chi connectivity index (χ0v) is 14.7. The van der Waals surface area contributed by atoms with Crippen molar-refractivity contribution in [3.8, 4) is 5.75 Å². The zero-order valence-electron chi connectivity index (χ0n) is 14.7. The van der Waals surface area contributed by atoms with Crippen LogP contribution in [-0.4, -0.2) is 49.5 Å². The van der Waals surface area contributed by atoms with Gasteiger partial charge in [-0.2, -0.15) is 0 Å². The van der Waals surface area contributed by atoms with Gasteiger partial charge in [0.25, 0.3) is 5.91 Å². The molecule has 1 unspecified atom stereocenters. The van der Waals surface area contributed by atoms with E-state index in [0.29, 0.717) is 6.54 Å². The smallest absolute Gasteiger partial charge is 0.289 e. The van der Waals surface area contributed by atoms with E-state index in [1.54, 1.807) is 11.9 Å². The highest BCUT2D eigenvalue weighted by atomic mass is 16.5. The molecule has 0 spiro atoms. The van der Waals surface area contributed by atoms with Crippen molar-refractivity contribution < 1.29 is 13.9 Å². The largest absolute Gasteiger partial charge is 0.490 e. The Hall–Kier alpha value is -2.60. The second kappa shape index (κ2) is 7.11. The van der Waals surface area contributed by atoms with Gasteiger partial charge in [0.1, 0.15) is 6.26 Å². The maximum atomic E-state index is 12.6. The van der Waals surface area contributed by atoms with Crippen molar-refractivity contribution in [1.29, 1.82) is 0 Å². The Kier molecular flexibility index (Phi) is 4.90. The highest BCUT2D eigenvalue weighted by Gasteiger charge is 2.26. The summed E-state index contributed by atoms with van der Waals surface area (Å²) in [5, 5.41) is 0. The van der Waals surface area contributed by atoms with Crippen molar-refractivity contribution in [2.45, 2.75) is 19.0 Å². The second-order valence-electron chi connectivity index (χ2n) is 6.40. The van der Waals surface area contributed by atoms with E-state index >= 15 is 0 Å². The van der Waals surface area contributed by atoms with Crippen molar-refractivity contribution in [3.05, 3.63) is 63.7 Å². The number of rotatable bonds is 4. The Morgan fingerprint density at radius 1 is 1.36 bits per heavy atom. The Bertz CT molecular complexity index is 830. The van der Waals surface area contributed by atoms with Gasteiger partial charge in [0.05, 0.1) is 7.11 Å². The van der Waals surface area contributed by atoms with Crippen LogP contribution in [-0.2, 0) is 13.0 Å². The summed E-state index contributed by atoms with van der Waals surface area (Å²) in [6, 6.07) is 9.77. The number of methoxy groups -OCH3 is 1. The third kappa shape index (κ3) is 3.58. The number of nitrogens with zero attached hydrogens (tertiary/aromatic N) is 2. The number of hydrogen-bond donors (Lipinski definition) is 0. The molecular formula is C19H22N2O4. The molecule has 0 saturated heterocycles. The molecule has 0 saturated carbocycles. The quantitative estimate of drug-likeness (QED) is 0.847. The highest BCUT2D eigenvalue weighted by Crippen LogP contribution is 2.22. The average Bonchev–Trinajstić information content (AvgIpc) is 2.61. The maximum absolute atomic E-state index is 12.6. The van der Waals surface area contributed by atoms with Crippen LogP contribution in [0.15, 0.2) is 45.8 Å². The summed E-state index contributed by atoms with van der Waals surface area (Å²) in [6.45, 7) is 1.42. The van der Waals surface area contributed by atoms with E-state index < -0.39 is 0 Å². The molecule has 2 heterocycles. The van der Waals surface area contributed by atoms with Crippen LogP contribution in [0.5, 0.6) is 5.75 Å². The summed E-state index contributed by atoms with van der Waals surface area (Å²) in [4.78, 5) is 28.2. The summed E-state index contributed by atoms with van der Waals surface area (Å²) in [6.07, 6.45) is 2.06. The van der Waals surface area contributed by atoms with E-state index in [9.17, 15) is 9.59 Å². The Morgan fingerprint density at radius 2 is 2.08 bits per heavy atom. The zero-order chi connectivity index (χ0) is 18.0. The number of fused-ring (bicyclic) bond motifs is 1. The van der Waals surface area contributed by atoms with Gasteiger partial charge in [-0.15, -0.1) is 0 Å². The van der Waals surface area contributed by atoms with Crippen LogP contribution < -0.4 is 10.2 Å². The minimum atomic E-state index is -0.366. The number of carbonyl (C=O) groups is 1. The molecule has 1 atom stereocenters. The average molecular weight is 342 g/mol. The molecule has 2 aromatic rings. The fraction of sp³-hybridized carbons (Fsp3) is 0.368. The summed E-state index contributed by atoms with van der Waals surface area (Å²) < 4.78 is 10.1. The summed E-state index contributed by atoms with van der Waals surface area (Å²) >= 11 is 0. The molecule has 1 aliphatic rings. The lowest BCUT2D eigenvalue weighted by molar-refractivity contribution is 0.0699. The molecule has 0 aliphatic carbocycles. The topological polar surface area (TPSA) is 63.0 Å². The van der Waals surface area contributed by atoms with Crippen LogP contribution in [0.3, 0.4) is 0 Å². The van der Waals surface area contributed by atoms with Crippen LogP contribution in [0.1, 0.15) is 21.7 Å². The molecule has 3 rings (SSSR count). The molecular weight excluding hydrogens is 320 g/mol. The highest BCUT2D eigenvalue weighted by molar-refractivity contribution is 5.91. The molecule has 0 bridgehead atoms. The van der Waals surface area contributed by atoms with Crippen LogP contribution >= 0.6 is 0 Å². The molecule has 132 valence electrons. The minimum absolute atomic E-state index is 0.0205. The molecule has 6 heteroatoms. The van der Waals surface area contributed by atoms with Crippen LogP contribution in [0, 0.1) is 0 Å². The van der Waals surface area contributed by atoms with E-state index in [0.717, 1.165) is 13.0 Å². The second-order valence-corrected chi connectivity index (χ2v) is 6.40. The van der Waals surface area contributed by atoms with Gasteiger partial charge in [0.15, 0.2) is 5.76 Å². The molecule has 1 aromatic heterocycles. The molecule has 1 aromatic carbocycles. The predicted octanol–water partition coefficient (Wildman–Crippen LogP) is 1.78. The van der Waals surface area contributed by atoms with Gasteiger partial charge in [0.2, 0.25) is 11.2 Å². The lowest BCUT2D eigenvalue weighted by atomic mass is 9.94. The maximum Gasteiger partial charge on any atom is 0.289 e. The lowest BCUT2D eigenvalue weighted by Gasteiger charge is -2.36. The molecule has 1 aliphatic heterocycles. The summed E-state index contributed by atoms with van der Waals surface area (Å²) in [5.41, 5.74) is 2.29. The fourth-order valence-electron chi connectivity index (χ4n) is 3.17. The first-order valence-electron chi connectivity index (χ1n) is 8.19. The molecule has 0 fully saturated rings. The SMILES string of the molecule is COc1coc(C(=O)N(C)CC2Cc3ccccc3CN2C)cc1=O. The molecule has 25 heavy (non-hydrogen) atoms. The van der Waals surface area contributed by atoms with Gasteiger partial charge in [-0.05, 0) is 24.6 Å². The van der Waals surface area contributed by atoms with E-state index in [4.69, 9.17) is 9.15 Å². The Morgan fingerprint density at radius 3 is 2.76 bits per heavy atom. The van der Waals surface area contributed by atoms with E-state index in [1.165, 1.54) is 30.6 Å². The van der Waals surface area contributed by atoms with Crippen molar-refractivity contribution in [3.63, 3.8) is 0 Å². The molecule has 1 amide bonds. The monoisotopic (exact) mass is 342 g/mol. The first kappa shape index (κ1) is 17.2. The fourth-order valence-corrected chi connectivity index (χ4v) is 3.17. The number of ether oxygens (including phenoxy) is 1. The normalized spacial score (nSPS) is 17.0. The van der Waals surface area contributed by atoms with Crippen molar-refractivity contribution in [1.82, 2.24) is 9.80 Å². The third-order valence-corrected chi connectivity index (χ3v) is 4.68. The van der Waals surface area contributed by atoms with Gasteiger partial charge in [0, 0.05) is 32.2 Å². The third-order valence-electron chi connectivity index (χ3n) is 4.68. The van der Waals surface area contributed by atoms with Crippen LogP contribution in [0.2, 0.25) is 0 Å². The standard InChI is InChI=1S/C19H22N2O4/c1-20-10-14-7-5-4-6-13(14)8-15(20)11-21(2)19(23)17-9-16(22)18(24-3)12-25-17/h4-7,9,12,15H,8,10-11H2,1-3H3. The Balaban J connectivity index is 1.71. The van der Waals surface area contributed by atoms with E-state index in [2.05, 4.69) is 24.1 Å². The van der Waals surface area contributed by atoms with Gasteiger partial charge >= 0.3 is 0 Å². The van der Waals surface area contributed by atoms with Gasteiger partial charge < -0.3 is 14.1 Å². The number of amides is 1. The lowest BCUT2D eigenvalue weighted by Crippen LogP contribution is -2.46. The number of benzene rings is 1. The Labute approximate surface area is 146 Å². The number of likely N-dealkylation sites (N-methyl/N-ethyl adjacent to an activating group) is 2. The van der Waals surface area contributed by atoms with Crippen LogP contribution in [0.4, 0.5) is 0 Å². The van der Waals surface area contributed by atoms with Gasteiger partial charge in [-0.1, -0.05) is 24.3 Å². The summed E-state index contributed by atoms with van der Waals surface area (Å²) in [7, 11) is 5.17. The first-order chi connectivity index (χ1) is 12.0. The van der Waals surface area contributed by atoms with Gasteiger partial charge in [-0.3, -0.25) is 14.5 Å². The van der Waals surface area contributed by atoms with E-state index in [-0.39, 0.29) is 28.9 Å². The van der Waals surface area contributed by atoms with Crippen molar-refractivity contribution in [2.24, 2.45) is 0 Å². The molecule has 0 radical (unpaired) electrons. The number of hydrogen-bond acceptors (Lipinski definition) is 5. The summed E-state index contributed by atoms with van der Waals surface area (Å²) in [5.74, 6) is -0.206. The molecule has 0 N–H and O–H groups in total. The van der Waals surface area contributed by atoms with E-state index in [1.807, 2.05) is 12.1 Å². The minimum Gasteiger partial charge on any atom is -0.490 e. The molecule has 6 nitrogen and oxygen atoms in total. The van der Waals surface area contributed by atoms with Gasteiger partial charge in [-0.25, -0.2) is 0 Å².